The second-order valence-electron chi connectivity index (χ2n) is 4.54. The van der Waals surface area contributed by atoms with Gasteiger partial charge in [-0.05, 0) is 54.9 Å². The number of rotatable bonds is 6. The molecule has 0 unspecified atom stereocenters. The van der Waals surface area contributed by atoms with Crippen LogP contribution in [0.1, 0.15) is 11.1 Å². The Morgan fingerprint density at radius 3 is 2.19 bits per heavy atom. The number of methoxy groups -OCH3 is 1. The Bertz CT molecular complexity index is 617. The van der Waals surface area contributed by atoms with Gasteiger partial charge in [0.05, 0.1) is 7.11 Å². The third-order valence-corrected chi connectivity index (χ3v) is 4.05. The van der Waals surface area contributed by atoms with Gasteiger partial charge in [0, 0.05) is 14.5 Å². The summed E-state index contributed by atoms with van der Waals surface area (Å²) in [6.07, 6.45) is 0.782. The largest absolute Gasteiger partial charge is 0.496 e. The SMILES string of the molecule is COc1ccc(Br)cc1COc1ccc(Br)cc1CCN. The van der Waals surface area contributed by atoms with Crippen molar-refractivity contribution in [3.63, 3.8) is 0 Å². The zero-order valence-corrected chi connectivity index (χ0v) is 14.9. The molecule has 2 N–H and O–H groups in total. The van der Waals surface area contributed by atoms with E-state index in [4.69, 9.17) is 15.2 Å². The van der Waals surface area contributed by atoms with Gasteiger partial charge >= 0.3 is 0 Å². The second-order valence-corrected chi connectivity index (χ2v) is 6.37. The topological polar surface area (TPSA) is 44.5 Å². The van der Waals surface area contributed by atoms with Crippen molar-refractivity contribution in [2.45, 2.75) is 13.0 Å². The fourth-order valence-electron chi connectivity index (χ4n) is 2.06. The van der Waals surface area contributed by atoms with Crippen LogP contribution in [0.2, 0.25) is 0 Å². The standard InChI is InChI=1S/C16H17Br2NO2/c1-20-15-4-2-14(18)9-12(15)10-21-16-5-3-13(17)8-11(16)6-7-19/h2-5,8-9H,6-7,10,19H2,1H3. The Balaban J connectivity index is 2.18. The molecule has 2 rings (SSSR count). The number of hydrogen-bond donors (Lipinski definition) is 1. The molecule has 0 aliphatic carbocycles. The van der Waals surface area contributed by atoms with Crippen LogP contribution >= 0.6 is 31.9 Å². The highest BCUT2D eigenvalue weighted by Gasteiger charge is 2.08. The molecule has 0 spiro atoms. The molecule has 0 aliphatic rings. The van der Waals surface area contributed by atoms with Crippen molar-refractivity contribution in [3.05, 3.63) is 56.5 Å². The molecule has 0 heterocycles. The van der Waals surface area contributed by atoms with Crippen LogP contribution in [-0.4, -0.2) is 13.7 Å². The van der Waals surface area contributed by atoms with Crippen molar-refractivity contribution >= 4 is 31.9 Å². The lowest BCUT2D eigenvalue weighted by atomic mass is 10.1. The monoisotopic (exact) mass is 413 g/mol. The average molecular weight is 415 g/mol. The zero-order chi connectivity index (χ0) is 15.2. The van der Waals surface area contributed by atoms with Crippen molar-refractivity contribution in [1.82, 2.24) is 0 Å². The van der Waals surface area contributed by atoms with Gasteiger partial charge in [0.2, 0.25) is 0 Å². The number of hydrogen-bond acceptors (Lipinski definition) is 3. The Kier molecular flexibility index (Phi) is 6.08. The lowest BCUT2D eigenvalue weighted by molar-refractivity contribution is 0.293. The van der Waals surface area contributed by atoms with E-state index in [2.05, 4.69) is 31.9 Å². The first kappa shape index (κ1) is 16.3. The van der Waals surface area contributed by atoms with Crippen LogP contribution in [0.15, 0.2) is 45.3 Å². The number of halogens is 2. The van der Waals surface area contributed by atoms with Crippen LogP contribution in [0.5, 0.6) is 11.5 Å². The van der Waals surface area contributed by atoms with E-state index in [1.165, 1.54) is 0 Å². The van der Waals surface area contributed by atoms with Gasteiger partial charge in [-0.15, -0.1) is 0 Å². The smallest absolute Gasteiger partial charge is 0.125 e. The van der Waals surface area contributed by atoms with E-state index >= 15 is 0 Å². The van der Waals surface area contributed by atoms with Gasteiger partial charge in [0.15, 0.2) is 0 Å². The van der Waals surface area contributed by atoms with Gasteiger partial charge in [0.25, 0.3) is 0 Å². The van der Waals surface area contributed by atoms with E-state index in [-0.39, 0.29) is 0 Å². The van der Waals surface area contributed by atoms with Crippen LogP contribution in [0.4, 0.5) is 0 Å². The van der Waals surface area contributed by atoms with Gasteiger partial charge in [-0.25, -0.2) is 0 Å². The lowest BCUT2D eigenvalue weighted by Gasteiger charge is -2.14. The molecule has 0 radical (unpaired) electrons. The third-order valence-electron chi connectivity index (χ3n) is 3.06. The van der Waals surface area contributed by atoms with Gasteiger partial charge in [-0.1, -0.05) is 31.9 Å². The quantitative estimate of drug-likeness (QED) is 0.766. The van der Waals surface area contributed by atoms with Crippen LogP contribution < -0.4 is 15.2 Å². The molecule has 0 fully saturated rings. The molecule has 0 aromatic heterocycles. The predicted molar refractivity (Wildman–Crippen MR) is 91.9 cm³/mol. The minimum absolute atomic E-state index is 0.446. The maximum Gasteiger partial charge on any atom is 0.125 e. The highest BCUT2D eigenvalue weighted by Crippen LogP contribution is 2.27. The fourth-order valence-corrected chi connectivity index (χ4v) is 2.87. The first-order valence-corrected chi connectivity index (χ1v) is 8.16. The Morgan fingerprint density at radius 2 is 1.57 bits per heavy atom. The van der Waals surface area contributed by atoms with Crippen molar-refractivity contribution in [3.8, 4) is 11.5 Å². The number of ether oxygens (including phenoxy) is 2. The Morgan fingerprint density at radius 1 is 0.952 bits per heavy atom. The molecule has 5 heteroatoms. The van der Waals surface area contributed by atoms with Gasteiger partial charge < -0.3 is 15.2 Å². The van der Waals surface area contributed by atoms with Gasteiger partial charge in [0.1, 0.15) is 18.1 Å². The molecule has 0 amide bonds. The Hall–Kier alpha value is -1.04. The summed E-state index contributed by atoms with van der Waals surface area (Å²) >= 11 is 6.94. The summed E-state index contributed by atoms with van der Waals surface area (Å²) in [4.78, 5) is 0. The summed E-state index contributed by atoms with van der Waals surface area (Å²) in [5, 5.41) is 0. The third kappa shape index (κ3) is 4.46. The van der Waals surface area contributed by atoms with E-state index in [1.807, 2.05) is 36.4 Å². The van der Waals surface area contributed by atoms with Crippen LogP contribution in [0, 0.1) is 0 Å². The van der Waals surface area contributed by atoms with Gasteiger partial charge in [-0.2, -0.15) is 0 Å². The second kappa shape index (κ2) is 7.82. The van der Waals surface area contributed by atoms with E-state index in [0.717, 1.165) is 38.0 Å². The average Bonchev–Trinajstić information content (AvgIpc) is 2.47. The molecule has 0 atom stereocenters. The summed E-state index contributed by atoms with van der Waals surface area (Å²) in [6.45, 7) is 1.04. The highest BCUT2D eigenvalue weighted by molar-refractivity contribution is 9.10. The molecule has 2 aromatic rings. The van der Waals surface area contributed by atoms with E-state index in [9.17, 15) is 0 Å². The lowest BCUT2D eigenvalue weighted by Crippen LogP contribution is -2.06. The normalized spacial score (nSPS) is 10.5. The zero-order valence-electron chi connectivity index (χ0n) is 11.7. The first-order valence-electron chi connectivity index (χ1n) is 6.57. The molecule has 0 saturated carbocycles. The van der Waals surface area contributed by atoms with Gasteiger partial charge in [-0.3, -0.25) is 0 Å². The minimum atomic E-state index is 0.446. The van der Waals surface area contributed by atoms with Crippen molar-refractivity contribution in [2.75, 3.05) is 13.7 Å². The number of benzene rings is 2. The van der Waals surface area contributed by atoms with Crippen molar-refractivity contribution in [1.29, 1.82) is 0 Å². The predicted octanol–water partition coefficient (Wildman–Crippen LogP) is 4.30. The maximum atomic E-state index is 5.95. The summed E-state index contributed by atoms with van der Waals surface area (Å²) < 4.78 is 13.3. The molecule has 2 aromatic carbocycles. The minimum Gasteiger partial charge on any atom is -0.496 e. The molecule has 0 aliphatic heterocycles. The molecule has 112 valence electrons. The molecular formula is C16H17Br2NO2. The van der Waals surface area contributed by atoms with E-state index in [0.29, 0.717) is 13.2 Å². The maximum absolute atomic E-state index is 5.95. The summed E-state index contributed by atoms with van der Waals surface area (Å²) in [7, 11) is 1.66. The molecule has 0 bridgehead atoms. The number of nitrogens with two attached hydrogens (primary N) is 1. The van der Waals surface area contributed by atoms with Crippen molar-refractivity contribution < 1.29 is 9.47 Å². The summed E-state index contributed by atoms with van der Waals surface area (Å²) in [5.41, 5.74) is 7.75. The van der Waals surface area contributed by atoms with Crippen LogP contribution in [-0.2, 0) is 13.0 Å². The Labute approximate surface area is 141 Å². The van der Waals surface area contributed by atoms with E-state index in [1.54, 1.807) is 7.11 Å². The molecule has 0 saturated heterocycles. The summed E-state index contributed by atoms with van der Waals surface area (Å²) in [6, 6.07) is 11.8. The summed E-state index contributed by atoms with van der Waals surface area (Å²) in [5.74, 6) is 1.67. The van der Waals surface area contributed by atoms with Crippen molar-refractivity contribution in [2.24, 2.45) is 5.73 Å². The highest BCUT2D eigenvalue weighted by atomic mass is 79.9. The van der Waals surface area contributed by atoms with E-state index < -0.39 is 0 Å². The fraction of sp³-hybridized carbons (Fsp3) is 0.250. The van der Waals surface area contributed by atoms with Crippen LogP contribution in [0.3, 0.4) is 0 Å². The van der Waals surface area contributed by atoms with Crippen LogP contribution in [0.25, 0.3) is 0 Å². The molecule has 21 heavy (non-hydrogen) atoms. The molecular weight excluding hydrogens is 398 g/mol. The molecule has 3 nitrogen and oxygen atoms in total. The first-order chi connectivity index (χ1) is 10.1.